The fourth-order valence-corrected chi connectivity index (χ4v) is 1.83. The van der Waals surface area contributed by atoms with Crippen LogP contribution in [0.15, 0.2) is 0 Å². The van der Waals surface area contributed by atoms with Gasteiger partial charge in [0.2, 0.25) is 5.91 Å². The van der Waals surface area contributed by atoms with E-state index in [2.05, 4.69) is 31.0 Å². The van der Waals surface area contributed by atoms with Crippen LogP contribution in [0.25, 0.3) is 0 Å². The molecule has 0 spiro atoms. The third-order valence-electron chi connectivity index (χ3n) is 3.11. The standard InChI is InChI=1S/C15H33N3O2/c1-6-18(12-15(4,5)11-16)10-14(19)17-8-7-9-20-13(2)3/h13H,6-12,16H2,1-5H3,(H,17,19). The van der Waals surface area contributed by atoms with Gasteiger partial charge in [0.1, 0.15) is 0 Å². The smallest absolute Gasteiger partial charge is 0.234 e. The molecule has 0 aromatic heterocycles. The van der Waals surface area contributed by atoms with Crippen molar-refractivity contribution in [2.24, 2.45) is 11.1 Å². The van der Waals surface area contributed by atoms with E-state index in [1.807, 2.05) is 13.8 Å². The maximum Gasteiger partial charge on any atom is 0.234 e. The number of amides is 1. The predicted molar refractivity (Wildman–Crippen MR) is 83.7 cm³/mol. The minimum Gasteiger partial charge on any atom is -0.379 e. The summed E-state index contributed by atoms with van der Waals surface area (Å²) in [4.78, 5) is 14.0. The highest BCUT2D eigenvalue weighted by atomic mass is 16.5. The van der Waals surface area contributed by atoms with E-state index in [9.17, 15) is 4.79 Å². The van der Waals surface area contributed by atoms with E-state index in [4.69, 9.17) is 10.5 Å². The number of carbonyl (C=O) groups excluding carboxylic acids is 1. The number of nitrogens with two attached hydrogens (primary N) is 1. The maximum atomic E-state index is 11.9. The summed E-state index contributed by atoms with van der Waals surface area (Å²) in [6.07, 6.45) is 1.10. The van der Waals surface area contributed by atoms with Crippen LogP contribution in [-0.4, -0.2) is 56.2 Å². The van der Waals surface area contributed by atoms with E-state index in [1.165, 1.54) is 0 Å². The van der Waals surface area contributed by atoms with E-state index in [1.54, 1.807) is 0 Å². The molecule has 120 valence electrons. The summed E-state index contributed by atoms with van der Waals surface area (Å²) >= 11 is 0. The highest BCUT2D eigenvalue weighted by molar-refractivity contribution is 5.77. The average molecular weight is 287 g/mol. The van der Waals surface area contributed by atoms with Crippen molar-refractivity contribution in [3.05, 3.63) is 0 Å². The first kappa shape index (κ1) is 19.4. The molecular weight excluding hydrogens is 254 g/mol. The number of nitrogens with one attached hydrogen (secondary N) is 1. The van der Waals surface area contributed by atoms with Crippen molar-refractivity contribution >= 4 is 5.91 Å². The van der Waals surface area contributed by atoms with Gasteiger partial charge in [-0.25, -0.2) is 0 Å². The molecule has 0 aliphatic rings. The molecule has 3 N–H and O–H groups in total. The van der Waals surface area contributed by atoms with Gasteiger partial charge in [-0.1, -0.05) is 20.8 Å². The van der Waals surface area contributed by atoms with Crippen molar-refractivity contribution < 1.29 is 9.53 Å². The molecule has 0 radical (unpaired) electrons. The van der Waals surface area contributed by atoms with Crippen LogP contribution in [-0.2, 0) is 9.53 Å². The molecule has 0 saturated carbocycles. The van der Waals surface area contributed by atoms with Gasteiger partial charge in [0.15, 0.2) is 0 Å². The Morgan fingerprint density at radius 1 is 1.40 bits per heavy atom. The third-order valence-corrected chi connectivity index (χ3v) is 3.11. The summed E-state index contributed by atoms with van der Waals surface area (Å²) in [6, 6.07) is 0. The molecule has 0 unspecified atom stereocenters. The van der Waals surface area contributed by atoms with Crippen LogP contribution in [0.5, 0.6) is 0 Å². The lowest BCUT2D eigenvalue weighted by molar-refractivity contribution is -0.122. The zero-order chi connectivity index (χ0) is 15.6. The van der Waals surface area contributed by atoms with Gasteiger partial charge in [0.25, 0.3) is 0 Å². The van der Waals surface area contributed by atoms with Crippen LogP contribution in [0.1, 0.15) is 41.0 Å². The number of ether oxygens (including phenoxy) is 1. The largest absolute Gasteiger partial charge is 0.379 e. The first-order valence-corrected chi connectivity index (χ1v) is 7.61. The Morgan fingerprint density at radius 3 is 2.55 bits per heavy atom. The van der Waals surface area contributed by atoms with Gasteiger partial charge in [-0.05, 0) is 38.8 Å². The average Bonchev–Trinajstić information content (AvgIpc) is 2.37. The Balaban J connectivity index is 3.87. The van der Waals surface area contributed by atoms with E-state index in [0.29, 0.717) is 26.2 Å². The molecular formula is C15H33N3O2. The highest BCUT2D eigenvalue weighted by Gasteiger charge is 2.20. The second kappa shape index (κ2) is 10.1. The lowest BCUT2D eigenvalue weighted by Crippen LogP contribution is -2.44. The normalized spacial score (nSPS) is 12.2. The molecule has 0 fully saturated rings. The molecule has 0 rings (SSSR count). The molecule has 0 heterocycles. The Morgan fingerprint density at radius 2 is 2.05 bits per heavy atom. The van der Waals surface area contributed by atoms with E-state index in [-0.39, 0.29) is 17.4 Å². The Bertz CT molecular complexity index is 268. The van der Waals surface area contributed by atoms with Crippen LogP contribution in [0.4, 0.5) is 0 Å². The van der Waals surface area contributed by atoms with Crippen molar-refractivity contribution in [1.29, 1.82) is 0 Å². The van der Waals surface area contributed by atoms with Gasteiger partial charge < -0.3 is 15.8 Å². The van der Waals surface area contributed by atoms with Gasteiger partial charge in [-0.3, -0.25) is 9.69 Å². The van der Waals surface area contributed by atoms with Gasteiger partial charge in [-0.15, -0.1) is 0 Å². The fourth-order valence-electron chi connectivity index (χ4n) is 1.83. The number of hydrogen-bond donors (Lipinski definition) is 2. The molecule has 0 aliphatic carbocycles. The first-order chi connectivity index (χ1) is 9.30. The summed E-state index contributed by atoms with van der Waals surface area (Å²) in [5.74, 6) is 0.0734. The topological polar surface area (TPSA) is 67.6 Å². The Kier molecular flexibility index (Phi) is 9.80. The molecule has 0 aliphatic heterocycles. The third kappa shape index (κ3) is 10.2. The van der Waals surface area contributed by atoms with Crippen LogP contribution >= 0.6 is 0 Å². The van der Waals surface area contributed by atoms with Gasteiger partial charge in [0.05, 0.1) is 12.6 Å². The van der Waals surface area contributed by atoms with E-state index >= 15 is 0 Å². The molecule has 0 aromatic carbocycles. The van der Waals surface area contributed by atoms with Crippen LogP contribution in [0.2, 0.25) is 0 Å². The van der Waals surface area contributed by atoms with Crippen LogP contribution in [0, 0.1) is 5.41 Å². The predicted octanol–water partition coefficient (Wildman–Crippen LogP) is 1.22. The monoisotopic (exact) mass is 287 g/mol. The van der Waals surface area contributed by atoms with Crippen LogP contribution < -0.4 is 11.1 Å². The number of likely N-dealkylation sites (N-methyl/N-ethyl adjacent to an activating group) is 1. The zero-order valence-electron chi connectivity index (χ0n) is 13.9. The number of hydrogen-bond acceptors (Lipinski definition) is 4. The Labute approximate surface area is 124 Å². The Hall–Kier alpha value is -0.650. The molecule has 0 atom stereocenters. The fraction of sp³-hybridized carbons (Fsp3) is 0.933. The second-order valence-electron chi connectivity index (χ2n) is 6.29. The van der Waals surface area contributed by atoms with Gasteiger partial charge in [0, 0.05) is 19.7 Å². The summed E-state index contributed by atoms with van der Waals surface area (Å²) in [5, 5.41) is 2.93. The molecule has 1 amide bonds. The van der Waals surface area contributed by atoms with Crippen molar-refractivity contribution in [3.8, 4) is 0 Å². The maximum absolute atomic E-state index is 11.9. The van der Waals surface area contributed by atoms with Crippen molar-refractivity contribution in [3.63, 3.8) is 0 Å². The summed E-state index contributed by atoms with van der Waals surface area (Å²) < 4.78 is 5.43. The number of carbonyl (C=O) groups is 1. The van der Waals surface area contributed by atoms with E-state index < -0.39 is 0 Å². The highest BCUT2D eigenvalue weighted by Crippen LogP contribution is 2.14. The number of rotatable bonds is 11. The molecule has 20 heavy (non-hydrogen) atoms. The quantitative estimate of drug-likeness (QED) is 0.561. The lowest BCUT2D eigenvalue weighted by atomic mass is 9.93. The lowest BCUT2D eigenvalue weighted by Gasteiger charge is -2.30. The first-order valence-electron chi connectivity index (χ1n) is 7.61. The van der Waals surface area contributed by atoms with Gasteiger partial charge in [-0.2, -0.15) is 0 Å². The van der Waals surface area contributed by atoms with E-state index in [0.717, 1.165) is 19.5 Å². The minimum atomic E-state index is 0.0430. The summed E-state index contributed by atoms with van der Waals surface area (Å²) in [7, 11) is 0. The molecule has 5 heteroatoms. The minimum absolute atomic E-state index is 0.0430. The van der Waals surface area contributed by atoms with Crippen molar-refractivity contribution in [2.75, 3.05) is 39.3 Å². The SMILES string of the molecule is CCN(CC(=O)NCCCOC(C)C)CC(C)(C)CN. The van der Waals surface area contributed by atoms with Gasteiger partial charge >= 0.3 is 0 Å². The number of nitrogens with zero attached hydrogens (tertiary/aromatic N) is 1. The van der Waals surface area contributed by atoms with Crippen LogP contribution in [0.3, 0.4) is 0 Å². The summed E-state index contributed by atoms with van der Waals surface area (Å²) in [6.45, 7) is 14.4. The molecule has 5 nitrogen and oxygen atoms in total. The van der Waals surface area contributed by atoms with Crippen molar-refractivity contribution in [2.45, 2.75) is 47.1 Å². The summed E-state index contributed by atoms with van der Waals surface area (Å²) in [5.41, 5.74) is 5.78. The molecule has 0 saturated heterocycles. The molecule has 0 bridgehead atoms. The van der Waals surface area contributed by atoms with Crippen molar-refractivity contribution in [1.82, 2.24) is 10.2 Å². The second-order valence-corrected chi connectivity index (χ2v) is 6.29. The zero-order valence-corrected chi connectivity index (χ0v) is 13.9. The molecule has 0 aromatic rings.